The average molecular weight is 432 g/mol. The normalized spacial score (nSPS) is 12.9. The largest absolute Gasteiger partial charge is 0.450 e. The number of halogens is 3. The highest BCUT2D eigenvalue weighted by molar-refractivity contribution is 5.93. The molecule has 5 nitrogen and oxygen atoms in total. The molecule has 0 bridgehead atoms. The molecule has 31 heavy (non-hydrogen) atoms. The molecule has 1 heterocycles. The van der Waals surface area contributed by atoms with E-state index in [0.29, 0.717) is 16.5 Å². The van der Waals surface area contributed by atoms with E-state index in [1.807, 2.05) is 13.0 Å². The lowest BCUT2D eigenvalue weighted by molar-refractivity contribution is -0.137. The lowest BCUT2D eigenvalue weighted by Crippen LogP contribution is -2.35. The van der Waals surface area contributed by atoms with Crippen molar-refractivity contribution in [1.82, 2.24) is 10.2 Å². The van der Waals surface area contributed by atoms with Gasteiger partial charge < -0.3 is 14.6 Å². The molecule has 3 aromatic rings. The molecule has 0 fully saturated rings. The molecule has 0 aliphatic carbocycles. The van der Waals surface area contributed by atoms with Gasteiger partial charge in [0.05, 0.1) is 17.0 Å². The summed E-state index contributed by atoms with van der Waals surface area (Å²) < 4.78 is 44.9. The van der Waals surface area contributed by atoms with E-state index in [0.717, 1.165) is 29.3 Å². The van der Waals surface area contributed by atoms with Gasteiger partial charge in [-0.3, -0.25) is 9.59 Å². The molecule has 2 aromatic carbocycles. The Labute approximate surface area is 177 Å². The molecule has 1 N–H and O–H groups in total. The minimum atomic E-state index is -4.46. The molecular formula is C23H23F3N2O3. The van der Waals surface area contributed by atoms with Gasteiger partial charge >= 0.3 is 6.18 Å². The van der Waals surface area contributed by atoms with Crippen LogP contribution in [0.25, 0.3) is 11.0 Å². The summed E-state index contributed by atoms with van der Waals surface area (Å²) in [5, 5.41) is 3.06. The van der Waals surface area contributed by atoms with E-state index >= 15 is 0 Å². The monoisotopic (exact) mass is 432 g/mol. The van der Waals surface area contributed by atoms with E-state index in [2.05, 4.69) is 5.32 Å². The first kappa shape index (κ1) is 22.6. The van der Waals surface area contributed by atoms with Crippen LogP contribution in [0.3, 0.4) is 0 Å². The Morgan fingerprint density at radius 3 is 2.48 bits per heavy atom. The van der Waals surface area contributed by atoms with Crippen LogP contribution in [-0.4, -0.2) is 31.4 Å². The third-order valence-corrected chi connectivity index (χ3v) is 5.06. The second-order valence-corrected chi connectivity index (χ2v) is 7.75. The number of rotatable bonds is 5. The van der Waals surface area contributed by atoms with Crippen LogP contribution in [0.4, 0.5) is 13.2 Å². The molecule has 3 rings (SSSR count). The number of benzene rings is 2. The van der Waals surface area contributed by atoms with Crippen LogP contribution in [0.2, 0.25) is 0 Å². The molecule has 0 unspecified atom stereocenters. The number of nitrogens with one attached hydrogen (secondary N) is 1. The summed E-state index contributed by atoms with van der Waals surface area (Å²) in [7, 11) is 3.41. The van der Waals surface area contributed by atoms with Crippen LogP contribution in [0, 0.1) is 13.8 Å². The van der Waals surface area contributed by atoms with Crippen molar-refractivity contribution in [3.63, 3.8) is 0 Å². The van der Waals surface area contributed by atoms with E-state index in [1.165, 1.54) is 6.07 Å². The predicted octanol–water partition coefficient (Wildman–Crippen LogP) is 4.46. The Bertz CT molecular complexity index is 1180. The fourth-order valence-corrected chi connectivity index (χ4v) is 3.52. The number of carbonyl (C=O) groups excluding carboxylic acids is 1. The average Bonchev–Trinajstić information content (AvgIpc) is 2.68. The first-order chi connectivity index (χ1) is 14.5. The number of fused-ring (bicyclic) bond motifs is 1. The molecule has 0 aliphatic heterocycles. The summed E-state index contributed by atoms with van der Waals surface area (Å²) in [5.41, 5.74) is 1.30. The molecule has 0 aliphatic rings. The quantitative estimate of drug-likeness (QED) is 0.647. The Morgan fingerprint density at radius 2 is 1.84 bits per heavy atom. The van der Waals surface area contributed by atoms with E-state index < -0.39 is 23.7 Å². The van der Waals surface area contributed by atoms with E-state index in [-0.39, 0.29) is 17.7 Å². The third-order valence-electron chi connectivity index (χ3n) is 5.06. The summed E-state index contributed by atoms with van der Waals surface area (Å²) in [6.07, 6.45) is -4.46. The maximum Gasteiger partial charge on any atom is 0.416 e. The van der Waals surface area contributed by atoms with Gasteiger partial charge in [0.2, 0.25) is 0 Å². The van der Waals surface area contributed by atoms with Crippen molar-refractivity contribution >= 4 is 16.9 Å². The molecule has 0 saturated heterocycles. The van der Waals surface area contributed by atoms with Crippen LogP contribution in [0.5, 0.6) is 0 Å². The molecule has 1 amide bonds. The summed E-state index contributed by atoms with van der Waals surface area (Å²) in [6.45, 7) is 3.68. The zero-order valence-corrected chi connectivity index (χ0v) is 17.6. The maximum atomic E-state index is 13.1. The number of alkyl halides is 3. The van der Waals surface area contributed by atoms with Gasteiger partial charge in [-0.2, -0.15) is 13.2 Å². The number of amides is 1. The Kier molecular flexibility index (Phi) is 6.22. The zero-order valence-electron chi connectivity index (χ0n) is 17.6. The van der Waals surface area contributed by atoms with Gasteiger partial charge in [-0.25, -0.2) is 0 Å². The second kappa shape index (κ2) is 8.55. The topological polar surface area (TPSA) is 62.6 Å². The Morgan fingerprint density at radius 1 is 1.13 bits per heavy atom. The standard InChI is InChI=1S/C23H23F3N2O3/c1-13-8-14(2)21-17(9-13)19(29)11-20(31-21)22(30)27-12-18(28(3)4)15-6-5-7-16(10-15)23(24,25)26/h5-11,18H,12H2,1-4H3,(H,27,30)/t18-/m1/s1. The summed E-state index contributed by atoms with van der Waals surface area (Å²) in [4.78, 5) is 26.8. The van der Waals surface area contributed by atoms with Crippen molar-refractivity contribution in [3.05, 3.63) is 80.7 Å². The number of aryl methyl sites for hydroxylation is 2. The molecule has 1 aromatic heterocycles. The minimum absolute atomic E-state index is 0.0295. The third kappa shape index (κ3) is 4.96. The summed E-state index contributed by atoms with van der Waals surface area (Å²) in [6, 6.07) is 9.15. The molecule has 0 spiro atoms. The molecule has 8 heteroatoms. The van der Waals surface area contributed by atoms with E-state index in [4.69, 9.17) is 4.42 Å². The molecule has 0 radical (unpaired) electrons. The van der Waals surface area contributed by atoms with Crippen molar-refractivity contribution in [3.8, 4) is 0 Å². The fraction of sp³-hybridized carbons (Fsp3) is 0.304. The van der Waals surface area contributed by atoms with Gasteiger partial charge in [0, 0.05) is 12.6 Å². The van der Waals surface area contributed by atoms with Crippen molar-refractivity contribution in [2.24, 2.45) is 0 Å². The molecule has 0 saturated carbocycles. The molecule has 164 valence electrons. The van der Waals surface area contributed by atoms with Gasteiger partial charge in [-0.15, -0.1) is 0 Å². The second-order valence-electron chi connectivity index (χ2n) is 7.75. The highest BCUT2D eigenvalue weighted by Gasteiger charge is 2.31. The van der Waals surface area contributed by atoms with Crippen molar-refractivity contribution in [2.75, 3.05) is 20.6 Å². The number of hydrogen-bond acceptors (Lipinski definition) is 4. The van der Waals surface area contributed by atoms with Gasteiger partial charge in [-0.05, 0) is 62.8 Å². The van der Waals surface area contributed by atoms with Crippen LogP contribution in [0.15, 0.2) is 51.7 Å². The van der Waals surface area contributed by atoms with Gasteiger partial charge in [0.25, 0.3) is 5.91 Å². The smallest absolute Gasteiger partial charge is 0.416 e. The zero-order chi connectivity index (χ0) is 22.9. The van der Waals surface area contributed by atoms with Crippen LogP contribution < -0.4 is 10.7 Å². The van der Waals surface area contributed by atoms with Crippen molar-refractivity contribution in [2.45, 2.75) is 26.1 Å². The molecule has 1 atom stereocenters. The van der Waals surface area contributed by atoms with E-state index in [1.54, 1.807) is 38.1 Å². The highest BCUT2D eigenvalue weighted by atomic mass is 19.4. The minimum Gasteiger partial charge on any atom is -0.450 e. The number of nitrogens with zero attached hydrogens (tertiary/aromatic N) is 1. The number of hydrogen-bond donors (Lipinski definition) is 1. The van der Waals surface area contributed by atoms with Crippen LogP contribution in [-0.2, 0) is 6.18 Å². The van der Waals surface area contributed by atoms with Gasteiger partial charge in [-0.1, -0.05) is 18.2 Å². The lowest BCUT2D eigenvalue weighted by Gasteiger charge is -2.25. The molecular weight excluding hydrogens is 409 g/mol. The Hall–Kier alpha value is -3.13. The predicted molar refractivity (Wildman–Crippen MR) is 112 cm³/mol. The van der Waals surface area contributed by atoms with E-state index in [9.17, 15) is 22.8 Å². The van der Waals surface area contributed by atoms with Crippen LogP contribution in [0.1, 0.15) is 38.9 Å². The fourth-order valence-electron chi connectivity index (χ4n) is 3.52. The summed E-state index contributed by atoms with van der Waals surface area (Å²) >= 11 is 0. The lowest BCUT2D eigenvalue weighted by atomic mass is 10.0. The maximum absolute atomic E-state index is 13.1. The van der Waals surface area contributed by atoms with Gasteiger partial charge in [0.15, 0.2) is 11.2 Å². The van der Waals surface area contributed by atoms with Gasteiger partial charge in [0.1, 0.15) is 5.58 Å². The summed E-state index contributed by atoms with van der Waals surface area (Å²) in [5.74, 6) is -0.760. The van der Waals surface area contributed by atoms with Crippen molar-refractivity contribution < 1.29 is 22.4 Å². The number of carbonyl (C=O) groups is 1. The SMILES string of the molecule is Cc1cc(C)c2oc(C(=O)NC[C@H](c3cccc(C(F)(F)F)c3)N(C)C)cc(=O)c2c1. The van der Waals surface area contributed by atoms with Crippen LogP contribution >= 0.6 is 0 Å². The first-order valence-corrected chi connectivity index (χ1v) is 9.64. The highest BCUT2D eigenvalue weighted by Crippen LogP contribution is 2.31. The number of likely N-dealkylation sites (N-methyl/N-ethyl adjacent to an activating group) is 1. The first-order valence-electron chi connectivity index (χ1n) is 9.64. The Balaban J connectivity index is 1.85. The van der Waals surface area contributed by atoms with Crippen molar-refractivity contribution in [1.29, 1.82) is 0 Å².